The third-order valence-corrected chi connectivity index (χ3v) is 2.82. The van der Waals surface area contributed by atoms with E-state index in [2.05, 4.69) is 10.4 Å². The van der Waals surface area contributed by atoms with Crippen molar-refractivity contribution in [3.05, 3.63) is 46.3 Å². The molecule has 21 heavy (non-hydrogen) atoms. The molecule has 8 heteroatoms. The minimum absolute atomic E-state index is 0.0612. The number of aryl methyl sites for hydroxylation is 2. The van der Waals surface area contributed by atoms with Crippen molar-refractivity contribution >= 4 is 17.3 Å². The average Bonchev–Trinajstić information content (AvgIpc) is 2.78. The summed E-state index contributed by atoms with van der Waals surface area (Å²) in [5.41, 5.74) is 0.736. The van der Waals surface area contributed by atoms with Crippen molar-refractivity contribution in [1.82, 2.24) is 9.78 Å². The maximum absolute atomic E-state index is 11.8. The standard InChI is InChI=1S/C13H14N4O4/c1-9-12(17(20)21)8-16(15-9)6-5-13(19)14-10-3-2-4-11(18)7-10/h2-4,7-8,18H,5-6H2,1H3,(H,14,19). The molecule has 0 unspecified atom stereocenters. The van der Waals surface area contributed by atoms with Crippen LogP contribution in [0.25, 0.3) is 0 Å². The topological polar surface area (TPSA) is 110 Å². The number of phenols is 1. The maximum Gasteiger partial charge on any atom is 0.309 e. The van der Waals surface area contributed by atoms with E-state index < -0.39 is 4.92 Å². The van der Waals surface area contributed by atoms with Crippen molar-refractivity contribution in [3.8, 4) is 5.75 Å². The predicted octanol–water partition coefficient (Wildman–Crippen LogP) is 1.83. The molecule has 110 valence electrons. The second-order valence-electron chi connectivity index (χ2n) is 4.47. The highest BCUT2D eigenvalue weighted by atomic mass is 16.6. The van der Waals surface area contributed by atoms with Gasteiger partial charge in [-0.15, -0.1) is 0 Å². The summed E-state index contributed by atoms with van der Waals surface area (Å²) in [4.78, 5) is 21.9. The van der Waals surface area contributed by atoms with E-state index in [1.54, 1.807) is 19.1 Å². The Morgan fingerprint density at radius 2 is 2.29 bits per heavy atom. The molecule has 2 aromatic rings. The van der Waals surface area contributed by atoms with E-state index in [-0.39, 0.29) is 30.3 Å². The Morgan fingerprint density at radius 3 is 2.90 bits per heavy atom. The number of benzene rings is 1. The Kier molecular flexibility index (Phi) is 4.17. The molecule has 0 saturated heterocycles. The zero-order valence-corrected chi connectivity index (χ0v) is 11.3. The van der Waals surface area contributed by atoms with Crippen molar-refractivity contribution < 1.29 is 14.8 Å². The quantitative estimate of drug-likeness (QED) is 0.644. The molecule has 0 saturated carbocycles. The van der Waals surface area contributed by atoms with Gasteiger partial charge >= 0.3 is 5.69 Å². The first-order valence-corrected chi connectivity index (χ1v) is 6.23. The van der Waals surface area contributed by atoms with Crippen LogP contribution in [0.2, 0.25) is 0 Å². The third kappa shape index (κ3) is 3.78. The molecule has 0 aliphatic carbocycles. The smallest absolute Gasteiger partial charge is 0.309 e. The number of hydrogen-bond donors (Lipinski definition) is 2. The van der Waals surface area contributed by atoms with Gasteiger partial charge in [0.25, 0.3) is 0 Å². The molecule has 2 N–H and O–H groups in total. The monoisotopic (exact) mass is 290 g/mol. The normalized spacial score (nSPS) is 10.3. The average molecular weight is 290 g/mol. The van der Waals surface area contributed by atoms with Gasteiger partial charge in [-0.2, -0.15) is 5.10 Å². The minimum atomic E-state index is -0.508. The van der Waals surface area contributed by atoms with Crippen LogP contribution < -0.4 is 5.32 Å². The fourth-order valence-electron chi connectivity index (χ4n) is 1.82. The van der Waals surface area contributed by atoms with Crippen LogP contribution >= 0.6 is 0 Å². The summed E-state index contributed by atoms with van der Waals surface area (Å²) in [6.45, 7) is 1.78. The van der Waals surface area contributed by atoms with Gasteiger partial charge in [-0.3, -0.25) is 19.6 Å². The van der Waals surface area contributed by atoms with E-state index in [1.165, 1.54) is 23.0 Å². The fraction of sp³-hybridized carbons (Fsp3) is 0.231. The summed E-state index contributed by atoms with van der Waals surface area (Å²) in [6, 6.07) is 6.20. The van der Waals surface area contributed by atoms with Crippen LogP contribution in [0.3, 0.4) is 0 Å². The summed E-state index contributed by atoms with van der Waals surface area (Å²) in [5.74, 6) is -0.206. The fourth-order valence-corrected chi connectivity index (χ4v) is 1.82. The Balaban J connectivity index is 1.92. The van der Waals surface area contributed by atoms with Crippen molar-refractivity contribution in [2.75, 3.05) is 5.32 Å². The number of nitrogens with one attached hydrogen (secondary N) is 1. The molecule has 8 nitrogen and oxygen atoms in total. The second-order valence-corrected chi connectivity index (χ2v) is 4.47. The summed E-state index contributed by atoms with van der Waals surface area (Å²) >= 11 is 0. The third-order valence-electron chi connectivity index (χ3n) is 2.82. The SMILES string of the molecule is Cc1nn(CCC(=O)Nc2cccc(O)c2)cc1[N+](=O)[O-]. The van der Waals surface area contributed by atoms with Crippen LogP contribution in [0.1, 0.15) is 12.1 Å². The minimum Gasteiger partial charge on any atom is -0.508 e. The molecule has 0 atom stereocenters. The van der Waals surface area contributed by atoms with E-state index in [4.69, 9.17) is 0 Å². The van der Waals surface area contributed by atoms with E-state index in [0.29, 0.717) is 11.4 Å². The summed E-state index contributed by atoms with van der Waals surface area (Å²) < 4.78 is 1.37. The summed E-state index contributed by atoms with van der Waals surface area (Å²) in [5, 5.41) is 26.6. The molecular weight excluding hydrogens is 276 g/mol. The molecular formula is C13H14N4O4. The van der Waals surface area contributed by atoms with Gasteiger partial charge < -0.3 is 10.4 Å². The van der Waals surface area contributed by atoms with E-state index in [9.17, 15) is 20.0 Å². The number of aromatic nitrogens is 2. The van der Waals surface area contributed by atoms with E-state index >= 15 is 0 Å². The second kappa shape index (κ2) is 6.04. The van der Waals surface area contributed by atoms with Crippen molar-refractivity contribution in [2.24, 2.45) is 0 Å². The lowest BCUT2D eigenvalue weighted by Gasteiger charge is -2.05. The van der Waals surface area contributed by atoms with Crippen molar-refractivity contribution in [3.63, 3.8) is 0 Å². The lowest BCUT2D eigenvalue weighted by Crippen LogP contribution is -2.14. The van der Waals surface area contributed by atoms with Gasteiger partial charge in [0.15, 0.2) is 0 Å². The lowest BCUT2D eigenvalue weighted by molar-refractivity contribution is -0.385. The number of carbonyl (C=O) groups is 1. The molecule has 0 aliphatic heterocycles. The van der Waals surface area contributed by atoms with Gasteiger partial charge in [-0.05, 0) is 19.1 Å². The first kappa shape index (κ1) is 14.5. The molecule has 2 rings (SSSR count). The number of amides is 1. The lowest BCUT2D eigenvalue weighted by atomic mass is 10.3. The zero-order valence-electron chi connectivity index (χ0n) is 11.3. The van der Waals surface area contributed by atoms with Gasteiger partial charge in [0, 0.05) is 24.7 Å². The molecule has 0 spiro atoms. The largest absolute Gasteiger partial charge is 0.508 e. The first-order chi connectivity index (χ1) is 9.95. The first-order valence-electron chi connectivity index (χ1n) is 6.23. The highest BCUT2D eigenvalue weighted by Gasteiger charge is 2.15. The van der Waals surface area contributed by atoms with E-state index in [0.717, 1.165) is 0 Å². The highest BCUT2D eigenvalue weighted by molar-refractivity contribution is 5.90. The molecule has 0 aliphatic rings. The van der Waals surface area contributed by atoms with Crippen molar-refractivity contribution in [1.29, 1.82) is 0 Å². The van der Waals surface area contributed by atoms with E-state index in [1.807, 2.05) is 0 Å². The van der Waals surface area contributed by atoms with Crippen LogP contribution in [0.4, 0.5) is 11.4 Å². The predicted molar refractivity (Wildman–Crippen MR) is 75.0 cm³/mol. The maximum atomic E-state index is 11.8. The van der Waals surface area contributed by atoms with Gasteiger partial charge in [0.2, 0.25) is 5.91 Å². The Morgan fingerprint density at radius 1 is 1.52 bits per heavy atom. The van der Waals surface area contributed by atoms with Crippen LogP contribution in [0, 0.1) is 17.0 Å². The van der Waals surface area contributed by atoms with Crippen molar-refractivity contribution in [2.45, 2.75) is 19.9 Å². The Bertz CT molecular complexity index is 681. The number of rotatable bonds is 5. The van der Waals surface area contributed by atoms with Gasteiger partial charge in [-0.1, -0.05) is 6.07 Å². The number of nitro groups is 1. The molecule has 1 aromatic carbocycles. The molecule has 0 bridgehead atoms. The summed E-state index contributed by atoms with van der Waals surface area (Å²) in [7, 11) is 0. The van der Waals surface area contributed by atoms with Crippen LogP contribution in [-0.4, -0.2) is 25.7 Å². The number of aromatic hydroxyl groups is 1. The molecule has 1 heterocycles. The number of hydrogen-bond acceptors (Lipinski definition) is 5. The van der Waals surface area contributed by atoms with Crippen LogP contribution in [0.15, 0.2) is 30.5 Å². The van der Waals surface area contributed by atoms with Gasteiger partial charge in [0.1, 0.15) is 17.6 Å². The Labute approximate surface area is 120 Å². The molecule has 0 radical (unpaired) electrons. The van der Waals surface area contributed by atoms with Crippen LogP contribution in [0.5, 0.6) is 5.75 Å². The molecule has 1 aromatic heterocycles. The van der Waals surface area contributed by atoms with Gasteiger partial charge in [-0.25, -0.2) is 0 Å². The van der Waals surface area contributed by atoms with Crippen LogP contribution in [-0.2, 0) is 11.3 Å². The Hall–Kier alpha value is -2.90. The molecule has 0 fully saturated rings. The summed E-state index contributed by atoms with van der Waals surface area (Å²) in [6.07, 6.45) is 1.42. The number of carbonyl (C=O) groups excluding carboxylic acids is 1. The van der Waals surface area contributed by atoms with Gasteiger partial charge in [0.05, 0.1) is 4.92 Å². The highest BCUT2D eigenvalue weighted by Crippen LogP contribution is 2.17. The molecule has 1 amide bonds. The number of nitrogens with zero attached hydrogens (tertiary/aromatic N) is 3. The number of anilines is 1. The zero-order chi connectivity index (χ0) is 15.4. The number of phenolic OH excluding ortho intramolecular Hbond substituents is 1.